The predicted octanol–water partition coefficient (Wildman–Crippen LogP) is -0.0839. The van der Waals surface area contributed by atoms with Crippen LogP contribution in [0.2, 0.25) is 0 Å². The number of sulfonamides is 1. The molecule has 0 aliphatic heterocycles. The Morgan fingerprint density at radius 1 is 1.21 bits per heavy atom. The number of hydrogen-bond donors (Lipinski definition) is 3. The summed E-state index contributed by atoms with van der Waals surface area (Å²) in [5.41, 5.74) is 0.00337. The van der Waals surface area contributed by atoms with Crippen LogP contribution in [-0.4, -0.2) is 47.0 Å². The maximum Gasteiger partial charge on any atom is 0.294 e. The van der Waals surface area contributed by atoms with Crippen LogP contribution < -0.4 is 4.72 Å². The van der Waals surface area contributed by atoms with Gasteiger partial charge in [0.25, 0.3) is 20.1 Å². The summed E-state index contributed by atoms with van der Waals surface area (Å²) < 4.78 is 79.7. The van der Waals surface area contributed by atoms with Gasteiger partial charge in [-0.15, -0.1) is 0 Å². The zero-order valence-corrected chi connectivity index (χ0v) is 14.8. The molecule has 0 aliphatic carbocycles. The Kier molecular flexibility index (Phi) is 4.94. The second-order valence-electron chi connectivity index (χ2n) is 4.60. The Morgan fingerprint density at radius 2 is 1.83 bits per heavy atom. The molecule has 0 saturated carbocycles. The minimum Gasteiger partial charge on any atom is -0.302 e. The summed E-state index contributed by atoms with van der Waals surface area (Å²) in [6.45, 7) is 1.49. The van der Waals surface area contributed by atoms with Crippen molar-refractivity contribution in [3.05, 3.63) is 30.0 Å². The van der Waals surface area contributed by atoms with Gasteiger partial charge in [0, 0.05) is 0 Å². The molecular formula is C11H13N3O7S3. The van der Waals surface area contributed by atoms with E-state index in [1.807, 2.05) is 0 Å². The summed E-state index contributed by atoms with van der Waals surface area (Å²) in [6, 6.07) is 3.97. The number of aromatic nitrogens is 2. The molecule has 0 radical (unpaired) electrons. The largest absolute Gasteiger partial charge is 0.302 e. The maximum absolute atomic E-state index is 12.1. The summed E-state index contributed by atoms with van der Waals surface area (Å²) in [6.07, 6.45) is 0. The third-order valence-corrected chi connectivity index (χ3v) is 5.94. The van der Waals surface area contributed by atoms with E-state index in [1.165, 1.54) is 20.0 Å². The van der Waals surface area contributed by atoms with Crippen molar-refractivity contribution in [3.8, 4) is 5.69 Å². The fourth-order valence-corrected chi connectivity index (χ4v) is 3.83. The Balaban J connectivity index is 2.89. The lowest BCUT2D eigenvalue weighted by atomic mass is 10.3. The monoisotopic (exact) mass is 395 g/mol. The lowest BCUT2D eigenvalue weighted by Gasteiger charge is -2.11. The minimum atomic E-state index is -4.61. The quantitative estimate of drug-likeness (QED) is 0.469. The van der Waals surface area contributed by atoms with Gasteiger partial charge in [-0.05, 0) is 38.2 Å². The third kappa shape index (κ3) is 3.55. The molecule has 13 heteroatoms. The molecule has 0 fully saturated rings. The van der Waals surface area contributed by atoms with Crippen LogP contribution in [0, 0.1) is 6.92 Å². The summed E-state index contributed by atoms with van der Waals surface area (Å²) in [4.78, 5) is -0.856. The van der Waals surface area contributed by atoms with E-state index in [0.29, 0.717) is 0 Å². The highest BCUT2D eigenvalue weighted by Crippen LogP contribution is 2.25. The normalized spacial score (nSPS) is 13.8. The number of benzene rings is 1. The lowest BCUT2D eigenvalue weighted by Crippen LogP contribution is -2.22. The highest BCUT2D eigenvalue weighted by molar-refractivity contribution is 7.89. The number of nitrogens with one attached hydrogen (secondary N) is 1. The van der Waals surface area contributed by atoms with Gasteiger partial charge in [0.1, 0.15) is 0 Å². The van der Waals surface area contributed by atoms with Gasteiger partial charge in [-0.25, -0.2) is 22.0 Å². The van der Waals surface area contributed by atoms with Crippen LogP contribution in [-0.2, 0) is 31.2 Å². The smallest absolute Gasteiger partial charge is 0.294 e. The van der Waals surface area contributed by atoms with Crippen molar-refractivity contribution in [1.29, 1.82) is 0 Å². The Hall–Kier alpha value is -1.64. The molecule has 1 aromatic carbocycles. The molecule has 1 atom stereocenters. The Bertz CT molecular complexity index is 1030. The molecule has 2 aromatic rings. The van der Waals surface area contributed by atoms with E-state index in [-0.39, 0.29) is 21.3 Å². The highest BCUT2D eigenvalue weighted by Gasteiger charge is 2.24. The number of nitrogens with zero attached hydrogens (tertiary/aromatic N) is 2. The SMILES string of the molecule is CNS(=O)(=O)c1cc(C)nn1-c1cc(S(=O)(=O)O)ccc1S(=O)O. The predicted molar refractivity (Wildman–Crippen MR) is 83.4 cm³/mol. The molecule has 2 rings (SSSR count). The van der Waals surface area contributed by atoms with E-state index in [4.69, 9.17) is 4.55 Å². The molecule has 0 amide bonds. The maximum atomic E-state index is 12.1. The molecule has 0 saturated heterocycles. The molecule has 0 spiro atoms. The van der Waals surface area contributed by atoms with Crippen LogP contribution in [0.5, 0.6) is 0 Å². The molecule has 0 aliphatic rings. The highest BCUT2D eigenvalue weighted by atomic mass is 32.2. The fraction of sp³-hybridized carbons (Fsp3) is 0.182. The standard InChI is InChI=1S/C11H13N3O7S3/c1-7-5-11(23(17,18)12-2)14(13-7)9-6-8(24(19,20)21)3-4-10(9)22(15)16/h3-6,12H,1-2H3,(H,15,16)(H,19,20,21). The van der Waals surface area contributed by atoms with Gasteiger partial charge >= 0.3 is 0 Å². The third-order valence-electron chi connectivity index (χ3n) is 2.99. The zero-order valence-electron chi connectivity index (χ0n) is 12.4. The van der Waals surface area contributed by atoms with Gasteiger partial charge in [-0.2, -0.15) is 13.5 Å². The summed E-state index contributed by atoms with van der Waals surface area (Å²) in [5.74, 6) is 0. The Morgan fingerprint density at radius 3 is 2.33 bits per heavy atom. The molecule has 10 nitrogen and oxygen atoms in total. The van der Waals surface area contributed by atoms with Gasteiger partial charge in [0.05, 0.1) is 21.2 Å². The first-order valence-corrected chi connectivity index (χ1v) is 10.2. The van der Waals surface area contributed by atoms with E-state index in [0.717, 1.165) is 22.9 Å². The van der Waals surface area contributed by atoms with Crippen molar-refractivity contribution in [2.75, 3.05) is 7.05 Å². The van der Waals surface area contributed by atoms with Crippen molar-refractivity contribution in [1.82, 2.24) is 14.5 Å². The fourth-order valence-electron chi connectivity index (χ4n) is 1.92. The number of rotatable bonds is 5. The van der Waals surface area contributed by atoms with Crippen molar-refractivity contribution in [2.24, 2.45) is 0 Å². The molecule has 0 bridgehead atoms. The first-order chi connectivity index (χ1) is 11.0. The first-order valence-electron chi connectivity index (χ1n) is 6.20. The van der Waals surface area contributed by atoms with E-state index in [2.05, 4.69) is 9.82 Å². The second kappa shape index (κ2) is 6.34. The van der Waals surface area contributed by atoms with Crippen LogP contribution in [0.3, 0.4) is 0 Å². The summed E-state index contributed by atoms with van der Waals surface area (Å²) >= 11 is -2.56. The van der Waals surface area contributed by atoms with Crippen LogP contribution in [0.15, 0.2) is 39.1 Å². The first kappa shape index (κ1) is 18.7. The van der Waals surface area contributed by atoms with E-state index >= 15 is 0 Å². The minimum absolute atomic E-state index is 0.270. The van der Waals surface area contributed by atoms with Gasteiger partial charge in [-0.1, -0.05) is 0 Å². The van der Waals surface area contributed by atoms with E-state index in [1.54, 1.807) is 0 Å². The van der Waals surface area contributed by atoms with Gasteiger partial charge in [-0.3, -0.25) is 4.55 Å². The second-order valence-corrected chi connectivity index (χ2v) is 8.79. The molecular weight excluding hydrogens is 382 g/mol. The van der Waals surface area contributed by atoms with Gasteiger partial charge in [0.15, 0.2) is 16.1 Å². The van der Waals surface area contributed by atoms with Crippen LogP contribution in [0.4, 0.5) is 0 Å². The average Bonchev–Trinajstić information content (AvgIpc) is 2.88. The Labute approximate surface area is 140 Å². The molecule has 24 heavy (non-hydrogen) atoms. The molecule has 1 unspecified atom stereocenters. The number of aryl methyl sites for hydroxylation is 1. The van der Waals surface area contributed by atoms with Crippen molar-refractivity contribution in [2.45, 2.75) is 21.7 Å². The summed E-state index contributed by atoms with van der Waals surface area (Å²) in [5, 5.41) is 3.58. The van der Waals surface area contributed by atoms with Crippen molar-refractivity contribution >= 4 is 31.2 Å². The van der Waals surface area contributed by atoms with Crippen molar-refractivity contribution < 1.29 is 30.1 Å². The van der Waals surface area contributed by atoms with Crippen LogP contribution in [0.25, 0.3) is 5.69 Å². The van der Waals surface area contributed by atoms with Crippen molar-refractivity contribution in [3.63, 3.8) is 0 Å². The molecule has 1 heterocycles. The van der Waals surface area contributed by atoms with E-state index in [9.17, 15) is 25.6 Å². The average molecular weight is 395 g/mol. The topological polar surface area (TPSA) is 156 Å². The molecule has 132 valence electrons. The van der Waals surface area contributed by atoms with Crippen LogP contribution in [0.1, 0.15) is 5.69 Å². The van der Waals surface area contributed by atoms with Gasteiger partial charge in [0.2, 0.25) is 0 Å². The number of hydrogen-bond acceptors (Lipinski definition) is 6. The molecule has 1 aromatic heterocycles. The zero-order chi connectivity index (χ0) is 18.3. The van der Waals surface area contributed by atoms with E-state index < -0.39 is 36.1 Å². The lowest BCUT2D eigenvalue weighted by molar-refractivity contribution is 0.482. The van der Waals surface area contributed by atoms with Crippen LogP contribution >= 0.6 is 0 Å². The molecule has 3 N–H and O–H groups in total. The van der Waals surface area contributed by atoms with Gasteiger partial charge < -0.3 is 4.55 Å². The summed E-state index contributed by atoms with van der Waals surface area (Å²) in [7, 11) is -7.43.